The molecule has 1 aromatic heterocycles. The van der Waals surface area contributed by atoms with Crippen LogP contribution in [-0.2, 0) is 4.79 Å². The van der Waals surface area contributed by atoms with Gasteiger partial charge in [-0.3, -0.25) is 0 Å². The van der Waals surface area contributed by atoms with Gasteiger partial charge in [0.25, 0.3) is 0 Å². The number of aryl methyl sites for hydroxylation is 1. The molecule has 0 aliphatic heterocycles. The van der Waals surface area contributed by atoms with Crippen LogP contribution in [0.2, 0.25) is 0 Å². The number of carbonyl (C=O) groups is 1. The van der Waals surface area contributed by atoms with E-state index in [1.807, 2.05) is 13.0 Å². The van der Waals surface area contributed by atoms with Crippen molar-refractivity contribution in [1.29, 1.82) is 0 Å². The lowest BCUT2D eigenvalue weighted by Crippen LogP contribution is -2.43. The Labute approximate surface area is 113 Å². The minimum Gasteiger partial charge on any atom is -0.478 e. The third-order valence-corrected chi connectivity index (χ3v) is 4.37. The van der Waals surface area contributed by atoms with Crippen LogP contribution in [0.25, 0.3) is 0 Å². The van der Waals surface area contributed by atoms with E-state index in [1.165, 1.54) is 0 Å². The number of rotatable bonds is 3. The third kappa shape index (κ3) is 1.90. The summed E-state index contributed by atoms with van der Waals surface area (Å²) < 4.78 is 6.65. The first-order valence-corrected chi connectivity index (χ1v) is 6.84. The molecule has 0 radical (unpaired) electrons. The third-order valence-electron chi connectivity index (χ3n) is 3.93. The fourth-order valence-electron chi connectivity index (χ4n) is 2.86. The van der Waals surface area contributed by atoms with Gasteiger partial charge < -0.3 is 9.84 Å². The molecule has 3 atom stereocenters. The van der Waals surface area contributed by atoms with Crippen molar-refractivity contribution in [3.05, 3.63) is 22.3 Å². The fraction of sp³-hybridized carbons (Fsp3) is 0.538. The van der Waals surface area contributed by atoms with Crippen molar-refractivity contribution in [3.63, 3.8) is 0 Å². The van der Waals surface area contributed by atoms with Crippen LogP contribution in [0.1, 0.15) is 24.8 Å². The van der Waals surface area contributed by atoms with E-state index < -0.39 is 11.6 Å². The smallest absolute Gasteiger partial charge is 0.348 e. The average molecular weight is 312 g/mol. The Morgan fingerprint density at radius 3 is 2.78 bits per heavy atom. The van der Waals surface area contributed by atoms with Gasteiger partial charge in [0.2, 0.25) is 11.5 Å². The summed E-state index contributed by atoms with van der Waals surface area (Å²) in [6.07, 6.45) is 4.02. The van der Waals surface area contributed by atoms with Gasteiger partial charge in [-0.25, -0.2) is 9.78 Å². The predicted molar refractivity (Wildman–Crippen MR) is 68.5 cm³/mol. The highest BCUT2D eigenvalue weighted by atomic mass is 79.9. The molecule has 0 aromatic carbocycles. The number of aliphatic carboxylic acids is 1. The molecule has 2 fully saturated rings. The van der Waals surface area contributed by atoms with Gasteiger partial charge in [-0.1, -0.05) is 0 Å². The van der Waals surface area contributed by atoms with Crippen LogP contribution in [0.4, 0.5) is 0 Å². The van der Waals surface area contributed by atoms with Crippen LogP contribution in [-0.4, -0.2) is 21.7 Å². The lowest BCUT2D eigenvalue weighted by Gasteiger charge is -2.27. The molecule has 0 bridgehead atoms. The van der Waals surface area contributed by atoms with Gasteiger partial charge in [0.05, 0.1) is 0 Å². The standard InChI is InChI=1S/C13H14BrNO3/c1-7-2-10(14)6-15-11(7)18-13(12(16)17)4-8-3-9(8)5-13/h2,6,8-9H,3-5H2,1H3,(H,16,17)/t8-,9+,13?. The number of hydrogen-bond donors (Lipinski definition) is 1. The molecule has 2 aliphatic rings. The predicted octanol–water partition coefficient (Wildman–Crippen LogP) is 2.78. The molecule has 1 N–H and O–H groups in total. The second-order valence-electron chi connectivity index (χ2n) is 5.34. The molecule has 2 aliphatic carbocycles. The van der Waals surface area contributed by atoms with E-state index in [4.69, 9.17) is 4.74 Å². The summed E-state index contributed by atoms with van der Waals surface area (Å²) in [5.41, 5.74) is -0.204. The number of pyridine rings is 1. The quantitative estimate of drug-likeness (QED) is 0.932. The molecule has 0 saturated heterocycles. The van der Waals surface area contributed by atoms with Crippen molar-refractivity contribution in [1.82, 2.24) is 4.98 Å². The van der Waals surface area contributed by atoms with Crippen molar-refractivity contribution in [2.75, 3.05) is 0 Å². The molecular weight excluding hydrogens is 298 g/mol. The Morgan fingerprint density at radius 1 is 1.56 bits per heavy atom. The van der Waals surface area contributed by atoms with E-state index in [-0.39, 0.29) is 0 Å². The summed E-state index contributed by atoms with van der Waals surface area (Å²) in [5.74, 6) is 0.648. The molecule has 4 nitrogen and oxygen atoms in total. The lowest BCUT2D eigenvalue weighted by molar-refractivity contribution is -0.156. The summed E-state index contributed by atoms with van der Waals surface area (Å²) in [6.45, 7) is 1.87. The largest absolute Gasteiger partial charge is 0.478 e. The molecule has 1 aromatic rings. The molecule has 0 amide bonds. The molecular formula is C13H14BrNO3. The fourth-order valence-corrected chi connectivity index (χ4v) is 3.31. The second-order valence-corrected chi connectivity index (χ2v) is 6.26. The number of aromatic nitrogens is 1. The summed E-state index contributed by atoms with van der Waals surface area (Å²) in [4.78, 5) is 15.7. The van der Waals surface area contributed by atoms with Crippen LogP contribution >= 0.6 is 15.9 Å². The van der Waals surface area contributed by atoms with Crippen molar-refractivity contribution >= 4 is 21.9 Å². The Kier molecular flexibility index (Phi) is 2.62. The lowest BCUT2D eigenvalue weighted by atomic mass is 9.97. The zero-order valence-corrected chi connectivity index (χ0v) is 11.6. The van der Waals surface area contributed by atoms with Crippen molar-refractivity contribution < 1.29 is 14.6 Å². The first-order chi connectivity index (χ1) is 8.50. The normalized spacial score (nSPS) is 33.0. The van der Waals surface area contributed by atoms with E-state index in [2.05, 4.69) is 20.9 Å². The SMILES string of the molecule is Cc1cc(Br)cnc1OC1(C(=O)O)C[C@H]2C[C@H]2C1. The number of carboxylic acid groups (broad SMARTS) is 1. The van der Waals surface area contributed by atoms with Gasteiger partial charge >= 0.3 is 5.97 Å². The van der Waals surface area contributed by atoms with Gasteiger partial charge in [0.1, 0.15) is 0 Å². The molecule has 2 saturated carbocycles. The van der Waals surface area contributed by atoms with Gasteiger partial charge in [0.15, 0.2) is 0 Å². The number of nitrogens with zero attached hydrogens (tertiary/aromatic N) is 1. The maximum atomic E-state index is 11.5. The van der Waals surface area contributed by atoms with Crippen molar-refractivity contribution in [2.45, 2.75) is 31.8 Å². The second kappa shape index (κ2) is 3.95. The molecule has 5 heteroatoms. The van der Waals surface area contributed by atoms with Crippen molar-refractivity contribution in [3.8, 4) is 5.88 Å². The number of ether oxygens (including phenoxy) is 1. The molecule has 96 valence electrons. The van der Waals surface area contributed by atoms with E-state index in [0.29, 0.717) is 30.6 Å². The van der Waals surface area contributed by atoms with Crippen LogP contribution in [0.15, 0.2) is 16.7 Å². The zero-order valence-electron chi connectivity index (χ0n) is 10.0. The number of carboxylic acids is 1. The van der Waals surface area contributed by atoms with Gasteiger partial charge in [-0.05, 0) is 47.2 Å². The number of fused-ring (bicyclic) bond motifs is 1. The van der Waals surface area contributed by atoms with E-state index >= 15 is 0 Å². The Balaban J connectivity index is 1.87. The average Bonchev–Trinajstić information content (AvgIpc) is 2.91. The highest BCUT2D eigenvalue weighted by Crippen LogP contribution is 2.57. The Hall–Kier alpha value is -1.10. The maximum absolute atomic E-state index is 11.5. The van der Waals surface area contributed by atoms with Crippen LogP contribution < -0.4 is 4.74 Å². The van der Waals surface area contributed by atoms with Crippen LogP contribution in [0, 0.1) is 18.8 Å². The molecule has 0 spiro atoms. The van der Waals surface area contributed by atoms with Gasteiger partial charge in [-0.15, -0.1) is 0 Å². The first-order valence-electron chi connectivity index (χ1n) is 6.05. The van der Waals surface area contributed by atoms with Crippen molar-refractivity contribution in [2.24, 2.45) is 11.8 Å². The highest BCUT2D eigenvalue weighted by Gasteiger charge is 2.59. The summed E-state index contributed by atoms with van der Waals surface area (Å²) in [7, 11) is 0. The Bertz CT molecular complexity index is 507. The van der Waals surface area contributed by atoms with E-state index in [0.717, 1.165) is 16.5 Å². The highest BCUT2D eigenvalue weighted by molar-refractivity contribution is 9.10. The van der Waals surface area contributed by atoms with Gasteiger partial charge in [0, 0.05) is 29.1 Å². The molecule has 18 heavy (non-hydrogen) atoms. The Morgan fingerprint density at radius 2 is 2.22 bits per heavy atom. The van der Waals surface area contributed by atoms with E-state index in [9.17, 15) is 9.90 Å². The molecule has 1 unspecified atom stereocenters. The summed E-state index contributed by atoms with van der Waals surface area (Å²) in [6, 6.07) is 1.88. The van der Waals surface area contributed by atoms with E-state index in [1.54, 1.807) is 6.20 Å². The zero-order chi connectivity index (χ0) is 12.9. The monoisotopic (exact) mass is 311 g/mol. The number of hydrogen-bond acceptors (Lipinski definition) is 3. The molecule has 1 heterocycles. The topological polar surface area (TPSA) is 59.4 Å². The summed E-state index contributed by atoms with van der Waals surface area (Å²) >= 11 is 3.33. The minimum atomic E-state index is -1.06. The first kappa shape index (κ1) is 12.0. The minimum absolute atomic E-state index is 0.432. The van der Waals surface area contributed by atoms with Crippen LogP contribution in [0.5, 0.6) is 5.88 Å². The van der Waals surface area contributed by atoms with Crippen LogP contribution in [0.3, 0.4) is 0 Å². The number of halogens is 1. The van der Waals surface area contributed by atoms with Gasteiger partial charge in [-0.2, -0.15) is 0 Å². The molecule has 3 rings (SSSR count). The maximum Gasteiger partial charge on any atom is 0.348 e. The summed E-state index contributed by atoms with van der Waals surface area (Å²) in [5, 5.41) is 9.45.